The van der Waals surface area contributed by atoms with Gasteiger partial charge in [0.2, 0.25) is 0 Å². The number of carbonyl (C=O) groups is 1. The van der Waals surface area contributed by atoms with Crippen molar-refractivity contribution in [1.82, 2.24) is 16.2 Å². The van der Waals surface area contributed by atoms with Crippen LogP contribution in [0.1, 0.15) is 43.5 Å². The number of amides is 1. The van der Waals surface area contributed by atoms with Crippen LogP contribution >= 0.6 is 12.2 Å². The van der Waals surface area contributed by atoms with Crippen LogP contribution in [-0.4, -0.2) is 24.2 Å². The van der Waals surface area contributed by atoms with Crippen LogP contribution in [-0.2, 0) is 0 Å². The van der Waals surface area contributed by atoms with Crippen molar-refractivity contribution in [3.05, 3.63) is 29.6 Å². The second-order valence-corrected chi connectivity index (χ2v) is 6.68. The van der Waals surface area contributed by atoms with Gasteiger partial charge in [-0.1, -0.05) is 26.7 Å². The van der Waals surface area contributed by atoms with Crippen molar-refractivity contribution in [1.29, 1.82) is 0 Å². The molecule has 24 heavy (non-hydrogen) atoms. The number of nitrogens with one attached hydrogen (secondary N) is 3. The van der Waals surface area contributed by atoms with Gasteiger partial charge in [0.1, 0.15) is 0 Å². The van der Waals surface area contributed by atoms with Gasteiger partial charge in [0.15, 0.2) is 16.7 Å². The van der Waals surface area contributed by atoms with E-state index in [1.165, 1.54) is 32.1 Å². The van der Waals surface area contributed by atoms with E-state index in [-0.39, 0.29) is 11.3 Å². The zero-order valence-electron chi connectivity index (χ0n) is 14.2. The van der Waals surface area contributed by atoms with Gasteiger partial charge in [-0.05, 0) is 48.7 Å². The Bertz CT molecular complexity index is 611. The molecular weight excluding hydrogens is 329 g/mol. The normalized spacial score (nSPS) is 23.2. The Morgan fingerprint density at radius 3 is 2.71 bits per heavy atom. The molecule has 0 unspecified atom stereocenters. The Kier molecular flexibility index (Phi) is 6.36. The molecule has 0 bridgehead atoms. The number of thiocarbonyl (C=S) groups is 1. The molecule has 0 heterocycles. The second-order valence-electron chi connectivity index (χ2n) is 6.28. The fraction of sp³-hybridized carbons (Fsp3) is 0.529. The summed E-state index contributed by atoms with van der Waals surface area (Å²) in [6, 6.07) is 4.31. The zero-order valence-corrected chi connectivity index (χ0v) is 15.0. The van der Waals surface area contributed by atoms with Gasteiger partial charge < -0.3 is 10.1 Å². The number of halogens is 1. The first-order valence-electron chi connectivity index (χ1n) is 8.12. The summed E-state index contributed by atoms with van der Waals surface area (Å²) in [6.07, 6.45) is 3.47. The molecule has 1 aromatic carbocycles. The number of ether oxygens (including phenoxy) is 1. The molecule has 3 atom stereocenters. The quantitative estimate of drug-likeness (QED) is 0.576. The van der Waals surface area contributed by atoms with Crippen LogP contribution in [0.4, 0.5) is 4.39 Å². The first-order chi connectivity index (χ1) is 11.4. The lowest BCUT2D eigenvalue weighted by Crippen LogP contribution is -2.52. The number of rotatable bonds is 3. The number of benzene rings is 1. The fourth-order valence-corrected chi connectivity index (χ4v) is 3.19. The predicted molar refractivity (Wildman–Crippen MR) is 95.3 cm³/mol. The molecule has 0 aliphatic heterocycles. The number of hydrazine groups is 1. The van der Waals surface area contributed by atoms with Gasteiger partial charge in [-0.3, -0.25) is 15.6 Å². The second kappa shape index (κ2) is 8.28. The molecule has 0 saturated heterocycles. The first-order valence-corrected chi connectivity index (χ1v) is 8.53. The maximum atomic E-state index is 13.6. The summed E-state index contributed by atoms with van der Waals surface area (Å²) in [5.74, 6) is 0.208. The van der Waals surface area contributed by atoms with E-state index < -0.39 is 11.7 Å². The lowest BCUT2D eigenvalue weighted by atomic mass is 9.78. The van der Waals surface area contributed by atoms with Gasteiger partial charge in [-0.2, -0.15) is 0 Å². The molecule has 0 spiro atoms. The van der Waals surface area contributed by atoms with Gasteiger partial charge in [-0.25, -0.2) is 4.39 Å². The Hall–Kier alpha value is -1.89. The van der Waals surface area contributed by atoms with Crippen molar-refractivity contribution in [2.75, 3.05) is 7.11 Å². The van der Waals surface area contributed by atoms with Crippen molar-refractivity contribution in [2.24, 2.45) is 11.8 Å². The third-order valence-electron chi connectivity index (χ3n) is 4.73. The monoisotopic (exact) mass is 353 g/mol. The largest absolute Gasteiger partial charge is 0.494 e. The summed E-state index contributed by atoms with van der Waals surface area (Å²) in [7, 11) is 1.37. The summed E-state index contributed by atoms with van der Waals surface area (Å²) < 4.78 is 18.5. The molecule has 1 aliphatic carbocycles. The topological polar surface area (TPSA) is 62.4 Å². The zero-order chi connectivity index (χ0) is 17.7. The van der Waals surface area contributed by atoms with Crippen molar-refractivity contribution in [2.45, 2.75) is 39.2 Å². The van der Waals surface area contributed by atoms with E-state index in [2.05, 4.69) is 30.0 Å². The molecule has 1 fully saturated rings. The van der Waals surface area contributed by atoms with Crippen LogP contribution in [0.2, 0.25) is 0 Å². The standard InChI is InChI=1S/C17H24FN3O2S/c1-10-5-4-6-14(11(10)2)19-17(24)21-20-16(22)12-7-8-15(23-3)13(18)9-12/h7-11,14H,4-6H2,1-3H3,(H,20,22)(H2,19,21,24)/t10-,11-,14+/m1/s1. The summed E-state index contributed by atoms with van der Waals surface area (Å²) >= 11 is 5.23. The van der Waals surface area contributed by atoms with Gasteiger partial charge in [0.05, 0.1) is 7.11 Å². The van der Waals surface area contributed by atoms with Crippen molar-refractivity contribution < 1.29 is 13.9 Å². The Balaban J connectivity index is 1.85. The summed E-state index contributed by atoms with van der Waals surface area (Å²) in [5.41, 5.74) is 5.34. The minimum absolute atomic E-state index is 0.0945. The van der Waals surface area contributed by atoms with Gasteiger partial charge in [0, 0.05) is 11.6 Å². The maximum Gasteiger partial charge on any atom is 0.269 e. The maximum absolute atomic E-state index is 13.6. The van der Waals surface area contributed by atoms with Gasteiger partial charge in [-0.15, -0.1) is 0 Å². The summed E-state index contributed by atoms with van der Waals surface area (Å²) in [5, 5.41) is 3.61. The molecule has 0 radical (unpaired) electrons. The van der Waals surface area contributed by atoms with Crippen LogP contribution in [0.3, 0.4) is 0 Å². The Morgan fingerprint density at radius 2 is 2.04 bits per heavy atom. The molecule has 1 aromatic rings. The summed E-state index contributed by atoms with van der Waals surface area (Å²) in [4.78, 5) is 12.0. The number of hydrogen-bond donors (Lipinski definition) is 3. The first kappa shape index (κ1) is 18.4. The number of methoxy groups -OCH3 is 1. The van der Waals surface area contributed by atoms with Crippen molar-refractivity contribution in [3.8, 4) is 5.75 Å². The fourth-order valence-electron chi connectivity index (χ4n) is 2.98. The molecule has 7 heteroatoms. The minimum atomic E-state index is -0.587. The highest BCUT2D eigenvalue weighted by Gasteiger charge is 2.27. The SMILES string of the molecule is COc1ccc(C(=O)NNC(=S)N[C@H]2CCC[C@@H](C)[C@H]2C)cc1F. The van der Waals surface area contributed by atoms with Crippen LogP contribution in [0.15, 0.2) is 18.2 Å². The third-order valence-corrected chi connectivity index (χ3v) is 4.95. The average molecular weight is 353 g/mol. The van der Waals surface area contributed by atoms with Crippen molar-refractivity contribution >= 4 is 23.2 Å². The summed E-state index contributed by atoms with van der Waals surface area (Å²) in [6.45, 7) is 4.46. The van der Waals surface area contributed by atoms with Gasteiger partial charge >= 0.3 is 0 Å². The third kappa shape index (κ3) is 4.56. The lowest BCUT2D eigenvalue weighted by molar-refractivity contribution is 0.0942. The van der Waals surface area contributed by atoms with Crippen LogP contribution in [0, 0.1) is 17.7 Å². The molecular formula is C17H24FN3O2S. The molecule has 2 rings (SSSR count). The van der Waals surface area contributed by atoms with Crippen LogP contribution < -0.4 is 20.9 Å². The van der Waals surface area contributed by atoms with E-state index >= 15 is 0 Å². The molecule has 1 aliphatic rings. The highest BCUT2D eigenvalue weighted by atomic mass is 32.1. The van der Waals surface area contributed by atoms with Crippen LogP contribution in [0.5, 0.6) is 5.75 Å². The van der Waals surface area contributed by atoms with E-state index in [9.17, 15) is 9.18 Å². The molecule has 1 saturated carbocycles. The highest BCUT2D eigenvalue weighted by Crippen LogP contribution is 2.29. The van der Waals surface area contributed by atoms with E-state index in [1.54, 1.807) is 0 Å². The van der Waals surface area contributed by atoms with E-state index in [0.717, 1.165) is 12.5 Å². The molecule has 0 aromatic heterocycles. The van der Waals surface area contributed by atoms with Crippen molar-refractivity contribution in [3.63, 3.8) is 0 Å². The number of carbonyl (C=O) groups excluding carboxylic acids is 1. The molecule has 132 valence electrons. The van der Waals surface area contributed by atoms with Crippen LogP contribution in [0.25, 0.3) is 0 Å². The van der Waals surface area contributed by atoms with E-state index in [1.807, 2.05) is 0 Å². The highest BCUT2D eigenvalue weighted by molar-refractivity contribution is 7.80. The smallest absolute Gasteiger partial charge is 0.269 e. The van der Waals surface area contributed by atoms with Gasteiger partial charge in [0.25, 0.3) is 5.91 Å². The molecule has 3 N–H and O–H groups in total. The minimum Gasteiger partial charge on any atom is -0.494 e. The average Bonchev–Trinajstić information content (AvgIpc) is 2.56. The molecule has 5 nitrogen and oxygen atoms in total. The Morgan fingerprint density at radius 1 is 1.29 bits per heavy atom. The number of hydrogen-bond acceptors (Lipinski definition) is 3. The van der Waals surface area contributed by atoms with E-state index in [0.29, 0.717) is 23.0 Å². The molecule has 1 amide bonds. The van der Waals surface area contributed by atoms with E-state index in [4.69, 9.17) is 17.0 Å². The predicted octanol–water partition coefficient (Wildman–Crippen LogP) is 2.77. The Labute approximate surface area is 147 Å². The lowest BCUT2D eigenvalue weighted by Gasteiger charge is -2.35.